The normalized spacial score (nSPS) is 11.3. The second kappa shape index (κ2) is 8.70. The molecule has 2 rings (SSSR count). The van der Waals surface area contributed by atoms with Gasteiger partial charge in [0.05, 0.1) is 17.9 Å². The molecule has 0 aliphatic rings. The van der Waals surface area contributed by atoms with E-state index < -0.39 is 17.6 Å². The van der Waals surface area contributed by atoms with Crippen LogP contribution in [0.5, 0.6) is 5.75 Å². The van der Waals surface area contributed by atoms with E-state index in [1.54, 1.807) is 0 Å². The monoisotopic (exact) mass is 383 g/mol. The highest BCUT2D eigenvalue weighted by molar-refractivity contribution is 6.03. The molecule has 1 N–H and O–H groups in total. The third-order valence-corrected chi connectivity index (χ3v) is 3.55. The Morgan fingerprint density at radius 1 is 1.19 bits per heavy atom. The number of anilines is 1. The van der Waals surface area contributed by atoms with Crippen molar-refractivity contribution >= 4 is 11.6 Å². The van der Waals surface area contributed by atoms with E-state index in [-0.39, 0.29) is 29.3 Å². The zero-order valence-electron chi connectivity index (χ0n) is 15.0. The van der Waals surface area contributed by atoms with Gasteiger partial charge in [-0.1, -0.05) is 13.8 Å². The van der Waals surface area contributed by atoms with Gasteiger partial charge in [0.2, 0.25) is 0 Å². The summed E-state index contributed by atoms with van der Waals surface area (Å²) in [6.45, 7) is 4.31. The van der Waals surface area contributed by atoms with Crippen LogP contribution in [0.15, 0.2) is 35.1 Å². The molecular weight excluding hydrogens is 363 g/mol. The molecule has 6 nitrogen and oxygen atoms in total. The van der Waals surface area contributed by atoms with Gasteiger partial charge in [0.15, 0.2) is 0 Å². The third kappa shape index (κ3) is 5.32. The first-order chi connectivity index (χ1) is 12.8. The van der Waals surface area contributed by atoms with Gasteiger partial charge in [-0.2, -0.15) is 18.3 Å². The number of aromatic nitrogens is 2. The van der Waals surface area contributed by atoms with E-state index in [0.29, 0.717) is 19.4 Å². The van der Waals surface area contributed by atoms with Crippen LogP contribution in [0.2, 0.25) is 0 Å². The van der Waals surface area contributed by atoms with Crippen LogP contribution in [0, 0.1) is 0 Å². The minimum absolute atomic E-state index is 0.0816. The number of hydrogen-bond donors (Lipinski definition) is 1. The van der Waals surface area contributed by atoms with Crippen molar-refractivity contribution in [2.24, 2.45) is 0 Å². The van der Waals surface area contributed by atoms with Crippen molar-refractivity contribution in [3.8, 4) is 5.75 Å². The maximum Gasteiger partial charge on any atom is 0.416 e. The van der Waals surface area contributed by atoms with Gasteiger partial charge in [-0.25, -0.2) is 4.68 Å². The van der Waals surface area contributed by atoms with Crippen molar-refractivity contribution in [2.45, 2.75) is 39.4 Å². The molecule has 0 radical (unpaired) electrons. The van der Waals surface area contributed by atoms with Crippen molar-refractivity contribution < 1.29 is 22.7 Å². The Balaban J connectivity index is 2.34. The summed E-state index contributed by atoms with van der Waals surface area (Å²) in [6, 6.07) is 5.28. The summed E-state index contributed by atoms with van der Waals surface area (Å²) in [5.74, 6) is -0.611. The molecule has 0 spiro atoms. The molecule has 0 aliphatic carbocycles. The van der Waals surface area contributed by atoms with E-state index in [2.05, 4.69) is 10.4 Å². The van der Waals surface area contributed by atoms with Crippen LogP contribution in [-0.4, -0.2) is 22.3 Å². The Hall–Kier alpha value is -2.84. The molecule has 0 bridgehead atoms. The van der Waals surface area contributed by atoms with E-state index in [1.165, 1.54) is 18.2 Å². The first-order valence-electron chi connectivity index (χ1n) is 8.49. The Morgan fingerprint density at radius 3 is 2.56 bits per heavy atom. The summed E-state index contributed by atoms with van der Waals surface area (Å²) in [4.78, 5) is 24.1. The molecule has 1 aromatic carbocycles. The van der Waals surface area contributed by atoms with Gasteiger partial charge in [0.1, 0.15) is 11.4 Å². The fraction of sp³-hybridized carbons (Fsp3) is 0.389. The molecule has 1 aromatic heterocycles. The lowest BCUT2D eigenvalue weighted by atomic mass is 10.1. The highest BCUT2D eigenvalue weighted by Crippen LogP contribution is 2.35. The van der Waals surface area contributed by atoms with Crippen molar-refractivity contribution in [1.82, 2.24) is 9.78 Å². The molecule has 27 heavy (non-hydrogen) atoms. The lowest BCUT2D eigenvalue weighted by molar-refractivity contribution is -0.137. The number of hydrogen-bond acceptors (Lipinski definition) is 4. The summed E-state index contributed by atoms with van der Waals surface area (Å²) in [6.07, 6.45) is -3.27. The van der Waals surface area contributed by atoms with Crippen LogP contribution in [0.1, 0.15) is 42.7 Å². The van der Waals surface area contributed by atoms with Gasteiger partial charge in [0.25, 0.3) is 11.5 Å². The van der Waals surface area contributed by atoms with Crippen LogP contribution in [-0.2, 0) is 12.7 Å². The van der Waals surface area contributed by atoms with Gasteiger partial charge in [-0.05, 0) is 37.1 Å². The fourth-order valence-electron chi connectivity index (χ4n) is 2.27. The Kier molecular flexibility index (Phi) is 6.59. The van der Waals surface area contributed by atoms with Crippen LogP contribution >= 0.6 is 0 Å². The minimum Gasteiger partial charge on any atom is -0.491 e. The number of aryl methyl sites for hydroxylation is 1. The first-order valence-corrected chi connectivity index (χ1v) is 8.49. The summed E-state index contributed by atoms with van der Waals surface area (Å²) >= 11 is 0. The minimum atomic E-state index is -4.56. The number of nitrogens with zero attached hydrogens (tertiary/aromatic N) is 2. The predicted molar refractivity (Wildman–Crippen MR) is 94.0 cm³/mol. The molecule has 0 unspecified atom stereocenters. The zero-order chi connectivity index (χ0) is 20.0. The summed E-state index contributed by atoms with van der Waals surface area (Å²) in [7, 11) is 0. The number of carbonyl (C=O) groups excluding carboxylic acids is 1. The number of amides is 1. The molecule has 1 amide bonds. The lowest BCUT2D eigenvalue weighted by Gasteiger charge is -2.15. The maximum atomic E-state index is 13.0. The molecule has 0 saturated carbocycles. The second-order valence-electron chi connectivity index (χ2n) is 5.79. The Labute approximate surface area is 154 Å². The van der Waals surface area contributed by atoms with Gasteiger partial charge in [-0.15, -0.1) is 0 Å². The molecule has 0 fully saturated rings. The third-order valence-electron chi connectivity index (χ3n) is 3.55. The fourth-order valence-corrected chi connectivity index (χ4v) is 2.27. The van der Waals surface area contributed by atoms with Crippen molar-refractivity contribution in [3.63, 3.8) is 0 Å². The molecule has 0 atom stereocenters. The van der Waals surface area contributed by atoms with Crippen molar-refractivity contribution in [1.29, 1.82) is 0 Å². The smallest absolute Gasteiger partial charge is 0.416 e. The zero-order valence-corrected chi connectivity index (χ0v) is 15.0. The first kappa shape index (κ1) is 20.5. The SMILES string of the molecule is CCCOc1ccc(C(F)(F)F)cc1NC(=O)c1ccc(=O)n(CCC)n1. The number of alkyl halides is 3. The predicted octanol–water partition coefficient (Wildman–Crippen LogP) is 3.71. The molecule has 9 heteroatoms. The molecule has 0 saturated heterocycles. The molecule has 1 heterocycles. The van der Waals surface area contributed by atoms with E-state index in [9.17, 15) is 22.8 Å². The summed E-state index contributed by atoms with van der Waals surface area (Å²) in [5.41, 5.74) is -1.47. The van der Waals surface area contributed by atoms with E-state index in [1.807, 2.05) is 13.8 Å². The van der Waals surface area contributed by atoms with Crippen LogP contribution in [0.4, 0.5) is 18.9 Å². The van der Waals surface area contributed by atoms with Gasteiger partial charge < -0.3 is 10.1 Å². The largest absolute Gasteiger partial charge is 0.491 e. The van der Waals surface area contributed by atoms with E-state index in [4.69, 9.17) is 4.74 Å². The Bertz CT molecular complexity index is 863. The molecule has 146 valence electrons. The number of nitrogens with one attached hydrogen (secondary N) is 1. The highest BCUT2D eigenvalue weighted by Gasteiger charge is 2.31. The van der Waals surface area contributed by atoms with Gasteiger partial charge >= 0.3 is 6.18 Å². The average molecular weight is 383 g/mol. The van der Waals surface area contributed by atoms with Crippen molar-refractivity contribution in [2.75, 3.05) is 11.9 Å². The van der Waals surface area contributed by atoms with Crippen molar-refractivity contribution in [3.05, 3.63) is 51.9 Å². The molecule has 2 aromatic rings. The van der Waals surface area contributed by atoms with E-state index >= 15 is 0 Å². The number of benzene rings is 1. The quantitative estimate of drug-likeness (QED) is 0.791. The number of ether oxygens (including phenoxy) is 1. The molecule has 0 aliphatic heterocycles. The van der Waals surface area contributed by atoms with Gasteiger partial charge in [0, 0.05) is 12.6 Å². The highest BCUT2D eigenvalue weighted by atomic mass is 19.4. The number of rotatable bonds is 7. The van der Waals surface area contributed by atoms with Crippen LogP contribution in [0.25, 0.3) is 0 Å². The summed E-state index contributed by atoms with van der Waals surface area (Å²) in [5, 5.41) is 6.35. The number of halogens is 3. The summed E-state index contributed by atoms with van der Waals surface area (Å²) < 4.78 is 45.5. The topological polar surface area (TPSA) is 73.2 Å². The van der Waals surface area contributed by atoms with Crippen LogP contribution in [0.3, 0.4) is 0 Å². The average Bonchev–Trinajstić information content (AvgIpc) is 2.61. The number of carbonyl (C=O) groups is 1. The standard InChI is InChI=1S/C18H20F3N3O3/c1-3-9-24-16(25)8-6-13(23-24)17(26)22-14-11-12(18(19,20)21)5-7-15(14)27-10-4-2/h5-8,11H,3-4,9-10H2,1-2H3,(H,22,26). The van der Waals surface area contributed by atoms with E-state index in [0.717, 1.165) is 16.8 Å². The maximum absolute atomic E-state index is 13.0. The Morgan fingerprint density at radius 2 is 1.93 bits per heavy atom. The lowest BCUT2D eigenvalue weighted by Crippen LogP contribution is -2.26. The van der Waals surface area contributed by atoms with Gasteiger partial charge in [-0.3, -0.25) is 9.59 Å². The second-order valence-corrected chi connectivity index (χ2v) is 5.79. The molecular formula is C18H20F3N3O3. The van der Waals surface area contributed by atoms with Crippen LogP contribution < -0.4 is 15.6 Å².